The molecule has 0 saturated heterocycles. The Hall–Kier alpha value is -2.50. The summed E-state index contributed by atoms with van der Waals surface area (Å²) in [5.41, 5.74) is 13.5. The lowest BCUT2D eigenvalue weighted by molar-refractivity contribution is 0.0595. The van der Waals surface area contributed by atoms with Gasteiger partial charge in [0.1, 0.15) is 0 Å². The molecule has 0 radical (unpaired) electrons. The van der Waals surface area contributed by atoms with Crippen molar-refractivity contribution in [3.63, 3.8) is 0 Å². The highest BCUT2D eigenvalue weighted by atomic mass is 16.5. The number of carbonyl (C=O) groups is 1. The van der Waals surface area contributed by atoms with E-state index in [0.717, 1.165) is 5.56 Å². The van der Waals surface area contributed by atoms with E-state index in [1.807, 2.05) is 0 Å². The Morgan fingerprint density at radius 2 is 1.94 bits per heavy atom. The summed E-state index contributed by atoms with van der Waals surface area (Å²) in [6.07, 6.45) is 0. The summed E-state index contributed by atoms with van der Waals surface area (Å²) < 4.78 is 4.65. The van der Waals surface area contributed by atoms with Crippen LogP contribution in [0.5, 0.6) is 0 Å². The quantitative estimate of drug-likeness (QED) is 0.529. The number of benzene rings is 1. The van der Waals surface area contributed by atoms with Crippen LogP contribution in [0.3, 0.4) is 0 Å². The van der Waals surface area contributed by atoms with Crippen molar-refractivity contribution in [2.24, 2.45) is 0 Å². The molecule has 88 valence electrons. The fraction of sp³-hybridized carbons (Fsp3) is 0.0909. The van der Waals surface area contributed by atoms with E-state index in [1.165, 1.54) is 7.11 Å². The van der Waals surface area contributed by atoms with Crippen LogP contribution in [0.1, 0.15) is 10.5 Å². The van der Waals surface area contributed by atoms with Crippen molar-refractivity contribution >= 4 is 17.5 Å². The molecule has 5 N–H and O–H groups in total. The minimum atomic E-state index is -0.513. The normalized spacial score (nSPS) is 10.2. The molecule has 6 nitrogen and oxygen atoms in total. The van der Waals surface area contributed by atoms with Gasteiger partial charge < -0.3 is 16.2 Å². The predicted molar refractivity (Wildman–Crippen MR) is 64.2 cm³/mol. The molecule has 0 aliphatic carbocycles. The first-order valence-electron chi connectivity index (χ1n) is 4.91. The maximum absolute atomic E-state index is 11.5. The van der Waals surface area contributed by atoms with Gasteiger partial charge in [0.25, 0.3) is 0 Å². The van der Waals surface area contributed by atoms with Crippen LogP contribution in [0.25, 0.3) is 11.1 Å². The number of methoxy groups -OCH3 is 1. The molecular formula is C11H12N4O2. The number of nitrogens with zero attached hydrogens (tertiary/aromatic N) is 1. The molecule has 0 aliphatic heterocycles. The summed E-state index contributed by atoms with van der Waals surface area (Å²) in [5.74, 6) is -0.267. The van der Waals surface area contributed by atoms with Gasteiger partial charge in [0, 0.05) is 5.69 Å². The number of rotatable bonds is 2. The largest absolute Gasteiger partial charge is 0.464 e. The van der Waals surface area contributed by atoms with Gasteiger partial charge in [-0.3, -0.25) is 5.10 Å². The second-order valence-electron chi connectivity index (χ2n) is 3.47. The Morgan fingerprint density at radius 3 is 2.53 bits per heavy atom. The number of nitrogens with one attached hydrogen (secondary N) is 1. The lowest BCUT2D eigenvalue weighted by atomic mass is 10.1. The second-order valence-corrected chi connectivity index (χ2v) is 3.47. The SMILES string of the molecule is COC(=O)c1[nH]nc(N)c1-c1ccc(N)cc1. The van der Waals surface area contributed by atoms with Gasteiger partial charge in [0.05, 0.1) is 12.7 Å². The number of aromatic amines is 1. The van der Waals surface area contributed by atoms with Gasteiger partial charge >= 0.3 is 5.97 Å². The Labute approximate surface area is 97.6 Å². The van der Waals surface area contributed by atoms with E-state index in [0.29, 0.717) is 11.3 Å². The smallest absolute Gasteiger partial charge is 0.356 e. The van der Waals surface area contributed by atoms with Crippen molar-refractivity contribution in [3.8, 4) is 11.1 Å². The van der Waals surface area contributed by atoms with Crippen LogP contribution in [-0.4, -0.2) is 23.3 Å². The molecule has 0 fully saturated rings. The van der Waals surface area contributed by atoms with E-state index in [2.05, 4.69) is 14.9 Å². The van der Waals surface area contributed by atoms with Crippen molar-refractivity contribution < 1.29 is 9.53 Å². The van der Waals surface area contributed by atoms with Gasteiger partial charge in [-0.15, -0.1) is 0 Å². The van der Waals surface area contributed by atoms with E-state index < -0.39 is 5.97 Å². The van der Waals surface area contributed by atoms with Crippen molar-refractivity contribution in [1.82, 2.24) is 10.2 Å². The first kappa shape index (κ1) is 11.0. The van der Waals surface area contributed by atoms with E-state index >= 15 is 0 Å². The summed E-state index contributed by atoms with van der Waals surface area (Å²) in [6, 6.07) is 6.98. The molecule has 2 rings (SSSR count). The molecule has 0 aliphatic rings. The van der Waals surface area contributed by atoms with E-state index in [-0.39, 0.29) is 11.5 Å². The first-order chi connectivity index (χ1) is 8.13. The van der Waals surface area contributed by atoms with Crippen LogP contribution in [0.4, 0.5) is 11.5 Å². The number of anilines is 2. The fourth-order valence-corrected chi connectivity index (χ4v) is 1.55. The van der Waals surface area contributed by atoms with Crippen molar-refractivity contribution in [2.45, 2.75) is 0 Å². The minimum absolute atomic E-state index is 0.231. The summed E-state index contributed by atoms with van der Waals surface area (Å²) >= 11 is 0. The van der Waals surface area contributed by atoms with E-state index in [1.54, 1.807) is 24.3 Å². The topological polar surface area (TPSA) is 107 Å². The van der Waals surface area contributed by atoms with E-state index in [4.69, 9.17) is 11.5 Å². The third-order valence-corrected chi connectivity index (χ3v) is 2.38. The standard InChI is InChI=1S/C11H12N4O2/c1-17-11(16)9-8(10(13)15-14-9)6-2-4-7(12)5-3-6/h2-5H,12H2,1H3,(H3,13,14,15). The molecule has 0 bridgehead atoms. The van der Waals surface area contributed by atoms with Crippen LogP contribution >= 0.6 is 0 Å². The zero-order valence-corrected chi connectivity index (χ0v) is 9.23. The summed E-state index contributed by atoms with van der Waals surface area (Å²) in [5, 5.41) is 6.36. The van der Waals surface area contributed by atoms with Crippen LogP contribution in [-0.2, 0) is 4.74 Å². The average Bonchev–Trinajstić information content (AvgIpc) is 2.71. The van der Waals surface area contributed by atoms with Crippen LogP contribution in [0, 0.1) is 0 Å². The third kappa shape index (κ3) is 1.92. The first-order valence-corrected chi connectivity index (χ1v) is 4.91. The molecule has 0 saturated carbocycles. The summed E-state index contributed by atoms with van der Waals surface area (Å²) in [7, 11) is 1.30. The number of aromatic nitrogens is 2. The Bertz CT molecular complexity index is 545. The highest BCUT2D eigenvalue weighted by Gasteiger charge is 2.19. The predicted octanol–water partition coefficient (Wildman–Crippen LogP) is 1.03. The molecular weight excluding hydrogens is 220 g/mol. The molecule has 0 amide bonds. The summed E-state index contributed by atoms with van der Waals surface area (Å²) in [6.45, 7) is 0. The highest BCUT2D eigenvalue weighted by molar-refractivity contribution is 5.98. The van der Waals surface area contributed by atoms with Gasteiger partial charge in [0.15, 0.2) is 11.5 Å². The Kier molecular flexibility index (Phi) is 2.70. The van der Waals surface area contributed by atoms with Gasteiger partial charge in [-0.05, 0) is 17.7 Å². The zero-order chi connectivity index (χ0) is 12.4. The number of ether oxygens (including phenoxy) is 1. The van der Waals surface area contributed by atoms with Gasteiger partial charge in [-0.2, -0.15) is 5.10 Å². The van der Waals surface area contributed by atoms with Crippen LogP contribution in [0.15, 0.2) is 24.3 Å². The average molecular weight is 232 g/mol. The van der Waals surface area contributed by atoms with Crippen molar-refractivity contribution in [2.75, 3.05) is 18.6 Å². The lowest BCUT2D eigenvalue weighted by Crippen LogP contribution is -2.03. The molecule has 2 aromatic rings. The monoisotopic (exact) mass is 232 g/mol. The van der Waals surface area contributed by atoms with Gasteiger partial charge in [-0.25, -0.2) is 4.79 Å². The van der Waals surface area contributed by atoms with Crippen LogP contribution < -0.4 is 11.5 Å². The lowest BCUT2D eigenvalue weighted by Gasteiger charge is -2.03. The number of nitrogens with two attached hydrogens (primary N) is 2. The molecule has 17 heavy (non-hydrogen) atoms. The Balaban J connectivity index is 2.54. The molecule has 1 aromatic carbocycles. The molecule has 1 aromatic heterocycles. The van der Waals surface area contributed by atoms with E-state index in [9.17, 15) is 4.79 Å². The van der Waals surface area contributed by atoms with Gasteiger partial charge in [0.2, 0.25) is 0 Å². The van der Waals surface area contributed by atoms with Crippen LogP contribution in [0.2, 0.25) is 0 Å². The molecule has 1 heterocycles. The second kappa shape index (κ2) is 4.17. The number of esters is 1. The maximum Gasteiger partial charge on any atom is 0.356 e. The third-order valence-electron chi connectivity index (χ3n) is 2.38. The number of H-pyrrole nitrogens is 1. The molecule has 0 atom stereocenters. The summed E-state index contributed by atoms with van der Waals surface area (Å²) in [4.78, 5) is 11.5. The number of hydrogen-bond donors (Lipinski definition) is 3. The number of hydrogen-bond acceptors (Lipinski definition) is 5. The Morgan fingerprint density at radius 1 is 1.29 bits per heavy atom. The van der Waals surface area contributed by atoms with Gasteiger partial charge in [-0.1, -0.05) is 12.1 Å². The van der Waals surface area contributed by atoms with Crippen molar-refractivity contribution in [3.05, 3.63) is 30.0 Å². The zero-order valence-electron chi connectivity index (χ0n) is 9.23. The number of nitrogen functional groups attached to an aromatic ring is 2. The minimum Gasteiger partial charge on any atom is -0.464 e. The maximum atomic E-state index is 11.5. The fourth-order valence-electron chi connectivity index (χ4n) is 1.55. The molecule has 6 heteroatoms. The molecule has 0 unspecified atom stereocenters. The van der Waals surface area contributed by atoms with Crippen molar-refractivity contribution in [1.29, 1.82) is 0 Å². The highest BCUT2D eigenvalue weighted by Crippen LogP contribution is 2.28. The molecule has 0 spiro atoms. The number of carbonyl (C=O) groups excluding carboxylic acids is 1.